The molecule has 1 aliphatic carbocycles. The zero-order valence-corrected chi connectivity index (χ0v) is 17.5. The van der Waals surface area contributed by atoms with Gasteiger partial charge in [-0.2, -0.15) is 5.10 Å². The molecule has 5 rings (SSSR count). The summed E-state index contributed by atoms with van der Waals surface area (Å²) in [5.41, 5.74) is 2.50. The minimum Gasteiger partial charge on any atom is -0.486 e. The van der Waals surface area contributed by atoms with Gasteiger partial charge in [0.15, 0.2) is 11.4 Å². The molecule has 1 aliphatic heterocycles. The van der Waals surface area contributed by atoms with Crippen LogP contribution in [0.25, 0.3) is 5.65 Å². The molecule has 164 valence electrons. The van der Waals surface area contributed by atoms with Gasteiger partial charge in [0, 0.05) is 37.2 Å². The van der Waals surface area contributed by atoms with E-state index in [1.165, 1.54) is 17.0 Å². The SMILES string of the molecule is O=C1COc2ccc(CNC(=O)c3cc(C(=O)NCC4CCC4)n4nccc4n3)cc2C1. The molecule has 0 spiro atoms. The van der Waals surface area contributed by atoms with E-state index in [2.05, 4.69) is 20.7 Å². The van der Waals surface area contributed by atoms with Gasteiger partial charge in [0.25, 0.3) is 11.8 Å². The predicted molar refractivity (Wildman–Crippen MR) is 114 cm³/mol. The Bertz CT molecular complexity index is 1210. The Morgan fingerprint density at radius 3 is 2.81 bits per heavy atom. The number of amides is 2. The lowest BCUT2D eigenvalue weighted by Crippen LogP contribution is -2.34. The summed E-state index contributed by atoms with van der Waals surface area (Å²) in [6, 6.07) is 8.64. The quantitative estimate of drug-likeness (QED) is 0.611. The monoisotopic (exact) mass is 433 g/mol. The Morgan fingerprint density at radius 2 is 2.00 bits per heavy atom. The minimum absolute atomic E-state index is 0.0279. The summed E-state index contributed by atoms with van der Waals surface area (Å²) < 4.78 is 6.84. The first-order valence-corrected chi connectivity index (χ1v) is 10.7. The third-order valence-electron chi connectivity index (χ3n) is 5.95. The van der Waals surface area contributed by atoms with Crippen molar-refractivity contribution in [2.24, 2.45) is 5.92 Å². The number of carbonyl (C=O) groups is 3. The molecule has 0 radical (unpaired) electrons. The second-order valence-corrected chi connectivity index (χ2v) is 8.26. The fourth-order valence-corrected chi connectivity index (χ4v) is 3.93. The van der Waals surface area contributed by atoms with Crippen molar-refractivity contribution >= 4 is 23.2 Å². The molecule has 1 saturated carbocycles. The van der Waals surface area contributed by atoms with Crippen molar-refractivity contribution in [3.05, 3.63) is 59.0 Å². The third-order valence-corrected chi connectivity index (χ3v) is 5.95. The molecule has 1 fully saturated rings. The highest BCUT2D eigenvalue weighted by molar-refractivity contribution is 5.98. The largest absolute Gasteiger partial charge is 0.486 e. The molecule has 2 N–H and O–H groups in total. The molecule has 0 unspecified atom stereocenters. The van der Waals surface area contributed by atoms with Crippen LogP contribution < -0.4 is 15.4 Å². The average Bonchev–Trinajstić information content (AvgIpc) is 3.24. The lowest BCUT2D eigenvalue weighted by Gasteiger charge is -2.25. The van der Waals surface area contributed by atoms with E-state index in [0.29, 0.717) is 30.3 Å². The van der Waals surface area contributed by atoms with Crippen LogP contribution in [0.3, 0.4) is 0 Å². The topological polar surface area (TPSA) is 115 Å². The van der Waals surface area contributed by atoms with Crippen LogP contribution in [0.5, 0.6) is 5.75 Å². The number of carbonyl (C=O) groups excluding carboxylic acids is 3. The summed E-state index contributed by atoms with van der Waals surface area (Å²) in [4.78, 5) is 41.5. The van der Waals surface area contributed by atoms with Gasteiger partial charge < -0.3 is 15.4 Å². The van der Waals surface area contributed by atoms with E-state index < -0.39 is 5.91 Å². The van der Waals surface area contributed by atoms with Crippen LogP contribution in [0.2, 0.25) is 0 Å². The van der Waals surface area contributed by atoms with Gasteiger partial charge in [-0.25, -0.2) is 9.50 Å². The smallest absolute Gasteiger partial charge is 0.270 e. The number of nitrogens with one attached hydrogen (secondary N) is 2. The second kappa shape index (κ2) is 8.41. The number of hydrogen-bond donors (Lipinski definition) is 2. The highest BCUT2D eigenvalue weighted by Crippen LogP contribution is 2.25. The second-order valence-electron chi connectivity index (χ2n) is 8.26. The highest BCUT2D eigenvalue weighted by Gasteiger charge is 2.21. The Balaban J connectivity index is 1.30. The molecule has 2 aliphatic rings. The van der Waals surface area contributed by atoms with Crippen LogP contribution in [-0.4, -0.2) is 45.3 Å². The molecule has 0 saturated heterocycles. The first kappa shape index (κ1) is 20.2. The van der Waals surface area contributed by atoms with Crippen LogP contribution in [0.1, 0.15) is 51.4 Å². The van der Waals surface area contributed by atoms with Gasteiger partial charge in [-0.05, 0) is 36.5 Å². The number of nitrogens with zero attached hydrogens (tertiary/aromatic N) is 3. The maximum Gasteiger partial charge on any atom is 0.270 e. The summed E-state index contributed by atoms with van der Waals surface area (Å²) >= 11 is 0. The van der Waals surface area contributed by atoms with E-state index in [0.717, 1.165) is 24.0 Å². The van der Waals surface area contributed by atoms with Gasteiger partial charge in [-0.3, -0.25) is 14.4 Å². The Morgan fingerprint density at radius 1 is 1.12 bits per heavy atom. The van der Waals surface area contributed by atoms with E-state index in [1.807, 2.05) is 18.2 Å². The van der Waals surface area contributed by atoms with E-state index in [-0.39, 0.29) is 36.2 Å². The lowest BCUT2D eigenvalue weighted by molar-refractivity contribution is -0.121. The van der Waals surface area contributed by atoms with Crippen molar-refractivity contribution in [1.82, 2.24) is 25.2 Å². The fourth-order valence-electron chi connectivity index (χ4n) is 3.93. The molecule has 0 bridgehead atoms. The van der Waals surface area contributed by atoms with E-state index in [1.54, 1.807) is 12.3 Å². The molecule has 3 aromatic rings. The fraction of sp³-hybridized carbons (Fsp3) is 0.348. The summed E-state index contributed by atoms with van der Waals surface area (Å²) in [6.07, 6.45) is 5.34. The summed E-state index contributed by atoms with van der Waals surface area (Å²) in [5.74, 6) is 0.576. The van der Waals surface area contributed by atoms with Crippen LogP contribution in [-0.2, 0) is 17.8 Å². The maximum atomic E-state index is 12.8. The number of ketones is 1. The molecule has 0 atom stereocenters. The molecule has 9 heteroatoms. The normalized spacial score (nSPS) is 15.6. The molecule has 32 heavy (non-hydrogen) atoms. The molecule has 2 amide bonds. The van der Waals surface area contributed by atoms with E-state index in [4.69, 9.17) is 4.74 Å². The number of fused-ring (bicyclic) bond motifs is 2. The third kappa shape index (κ3) is 4.05. The number of Topliss-reactive ketones (excluding diaryl/α,β-unsaturated/α-hetero) is 1. The number of rotatable bonds is 6. The zero-order valence-electron chi connectivity index (χ0n) is 17.5. The first-order valence-electron chi connectivity index (χ1n) is 10.7. The Hall–Kier alpha value is -3.75. The van der Waals surface area contributed by atoms with Gasteiger partial charge in [-0.15, -0.1) is 0 Å². The molecular formula is C23H23N5O4. The number of ether oxygens (including phenoxy) is 1. The van der Waals surface area contributed by atoms with Crippen LogP contribution in [0, 0.1) is 5.92 Å². The Kier molecular flexibility index (Phi) is 5.30. The number of aromatic nitrogens is 3. The van der Waals surface area contributed by atoms with E-state index in [9.17, 15) is 14.4 Å². The zero-order chi connectivity index (χ0) is 22.1. The molecule has 1 aromatic carbocycles. The first-order chi connectivity index (χ1) is 15.6. The summed E-state index contributed by atoms with van der Waals surface area (Å²) in [7, 11) is 0. The van der Waals surface area contributed by atoms with Crippen molar-refractivity contribution in [3.8, 4) is 5.75 Å². The minimum atomic E-state index is -0.396. The number of benzene rings is 1. The van der Waals surface area contributed by atoms with Crippen LogP contribution >= 0.6 is 0 Å². The van der Waals surface area contributed by atoms with Crippen molar-refractivity contribution in [2.75, 3.05) is 13.2 Å². The highest BCUT2D eigenvalue weighted by atomic mass is 16.5. The van der Waals surface area contributed by atoms with Crippen molar-refractivity contribution in [1.29, 1.82) is 0 Å². The summed E-state index contributed by atoms with van der Waals surface area (Å²) in [5, 5.41) is 9.94. The van der Waals surface area contributed by atoms with E-state index >= 15 is 0 Å². The van der Waals surface area contributed by atoms with Crippen molar-refractivity contribution < 1.29 is 19.1 Å². The molecular weight excluding hydrogens is 410 g/mol. The van der Waals surface area contributed by atoms with Gasteiger partial charge in [0.1, 0.15) is 23.7 Å². The van der Waals surface area contributed by atoms with Crippen molar-refractivity contribution in [3.63, 3.8) is 0 Å². The Labute approximate surface area is 184 Å². The van der Waals surface area contributed by atoms with Gasteiger partial charge in [0.2, 0.25) is 0 Å². The maximum absolute atomic E-state index is 12.8. The lowest BCUT2D eigenvalue weighted by atomic mass is 9.85. The van der Waals surface area contributed by atoms with Crippen LogP contribution in [0.15, 0.2) is 36.5 Å². The van der Waals surface area contributed by atoms with Crippen molar-refractivity contribution in [2.45, 2.75) is 32.2 Å². The van der Waals surface area contributed by atoms with Gasteiger partial charge in [-0.1, -0.05) is 12.5 Å². The average molecular weight is 433 g/mol. The predicted octanol–water partition coefficient (Wildman–Crippen LogP) is 1.69. The standard InChI is InChI=1S/C23H23N5O4/c29-17-9-16-8-15(4-5-20(16)32-13-17)12-24-22(30)18-10-19(28-21(27-18)6-7-26-28)23(31)25-11-14-2-1-3-14/h4-8,10,14H,1-3,9,11-13H2,(H,24,30)(H,25,31). The van der Waals surface area contributed by atoms with Gasteiger partial charge >= 0.3 is 0 Å². The van der Waals surface area contributed by atoms with Gasteiger partial charge in [0.05, 0.1) is 6.20 Å². The molecule has 2 aromatic heterocycles. The number of hydrogen-bond acceptors (Lipinski definition) is 6. The summed E-state index contributed by atoms with van der Waals surface area (Å²) in [6.45, 7) is 0.980. The molecule has 3 heterocycles. The molecule has 9 nitrogen and oxygen atoms in total. The van der Waals surface area contributed by atoms with Crippen LogP contribution in [0.4, 0.5) is 0 Å².